The molecule has 1 unspecified atom stereocenters. The van der Waals surface area contributed by atoms with Gasteiger partial charge in [0.15, 0.2) is 18.0 Å². The van der Waals surface area contributed by atoms with Gasteiger partial charge in [0.25, 0.3) is 5.91 Å². The van der Waals surface area contributed by atoms with Crippen LogP contribution in [0, 0.1) is 0 Å². The zero-order valence-electron chi connectivity index (χ0n) is 15.1. The maximum atomic E-state index is 12.4. The van der Waals surface area contributed by atoms with Gasteiger partial charge in [-0.2, -0.15) is 0 Å². The van der Waals surface area contributed by atoms with Gasteiger partial charge >= 0.3 is 0 Å². The molecule has 4 rings (SSSR count). The van der Waals surface area contributed by atoms with Gasteiger partial charge in [0.05, 0.1) is 19.8 Å². The van der Waals surface area contributed by atoms with Crippen molar-refractivity contribution in [2.45, 2.75) is 25.8 Å². The van der Waals surface area contributed by atoms with Crippen LogP contribution in [0.2, 0.25) is 0 Å². The van der Waals surface area contributed by atoms with E-state index in [1.54, 1.807) is 0 Å². The number of hydrogen-bond donors (Lipinski definition) is 2. The highest BCUT2D eigenvalue weighted by Gasteiger charge is 2.31. The number of amides is 1. The molecule has 0 bridgehead atoms. The van der Waals surface area contributed by atoms with Gasteiger partial charge < -0.3 is 19.7 Å². The highest BCUT2D eigenvalue weighted by Crippen LogP contribution is 2.35. The van der Waals surface area contributed by atoms with E-state index in [4.69, 9.17) is 9.47 Å². The predicted molar refractivity (Wildman–Crippen MR) is 99.9 cm³/mol. The van der Waals surface area contributed by atoms with Crippen molar-refractivity contribution in [3.05, 3.63) is 53.6 Å². The first kappa shape index (κ1) is 16.9. The number of benzene rings is 2. The van der Waals surface area contributed by atoms with Crippen LogP contribution in [-0.4, -0.2) is 32.2 Å². The van der Waals surface area contributed by atoms with Gasteiger partial charge in [0.2, 0.25) is 0 Å². The normalized spacial score (nSPS) is 21.4. The number of nitrogens with one attached hydrogen (secondary N) is 2. The van der Waals surface area contributed by atoms with Gasteiger partial charge in [-0.25, -0.2) is 0 Å². The van der Waals surface area contributed by atoms with Crippen LogP contribution >= 0.6 is 0 Å². The molecular weight excluding hydrogens is 328 g/mol. The summed E-state index contributed by atoms with van der Waals surface area (Å²) in [5.41, 5.74) is 3.43. The molecule has 0 fully saturated rings. The van der Waals surface area contributed by atoms with Crippen molar-refractivity contribution in [3.63, 3.8) is 0 Å². The van der Waals surface area contributed by atoms with E-state index in [0.717, 1.165) is 36.6 Å². The van der Waals surface area contributed by atoms with Gasteiger partial charge in [-0.05, 0) is 36.8 Å². The molecule has 2 N–H and O–H groups in total. The molecule has 136 valence electrons. The van der Waals surface area contributed by atoms with Crippen LogP contribution < -0.4 is 19.7 Å². The molecule has 0 aromatic heterocycles. The molecule has 2 aromatic carbocycles. The fraction of sp³-hybridized carbons (Fsp3) is 0.381. The van der Waals surface area contributed by atoms with Gasteiger partial charge in [0.1, 0.15) is 6.04 Å². The van der Waals surface area contributed by atoms with Crippen molar-refractivity contribution >= 4 is 11.6 Å². The summed E-state index contributed by atoms with van der Waals surface area (Å²) in [6.07, 6.45) is 1.86. The molecule has 2 aromatic rings. The summed E-state index contributed by atoms with van der Waals surface area (Å²) in [5.74, 6) is 1.75. The lowest BCUT2D eigenvalue weighted by Crippen LogP contribution is -3.14. The fourth-order valence-corrected chi connectivity index (χ4v) is 3.79. The van der Waals surface area contributed by atoms with Crippen molar-refractivity contribution < 1.29 is 19.2 Å². The quantitative estimate of drug-likeness (QED) is 0.887. The maximum absolute atomic E-state index is 12.4. The number of para-hydroxylation sites is 1. The SMILES string of the molecule is C[C@@H]1c2cc3c(cc2CC[NH+]1CC(=O)Nc1ccccc1)OCCCO3. The monoisotopic (exact) mass is 353 g/mol. The molecule has 0 saturated heterocycles. The Morgan fingerprint density at radius 2 is 1.88 bits per heavy atom. The Kier molecular flexibility index (Phi) is 4.80. The molecule has 2 aliphatic heterocycles. The zero-order valence-corrected chi connectivity index (χ0v) is 15.1. The van der Waals surface area contributed by atoms with Crippen LogP contribution in [0.15, 0.2) is 42.5 Å². The third-order valence-electron chi connectivity index (χ3n) is 5.25. The Morgan fingerprint density at radius 3 is 2.65 bits per heavy atom. The summed E-state index contributed by atoms with van der Waals surface area (Å²) in [6, 6.07) is 14.1. The van der Waals surface area contributed by atoms with Crippen molar-refractivity contribution in [1.29, 1.82) is 0 Å². The summed E-state index contributed by atoms with van der Waals surface area (Å²) in [6.45, 7) is 4.99. The van der Waals surface area contributed by atoms with Gasteiger partial charge in [0, 0.05) is 24.1 Å². The van der Waals surface area contributed by atoms with Crippen molar-refractivity contribution in [2.24, 2.45) is 0 Å². The third-order valence-corrected chi connectivity index (χ3v) is 5.25. The number of ether oxygens (including phenoxy) is 2. The van der Waals surface area contributed by atoms with Gasteiger partial charge in [-0.1, -0.05) is 18.2 Å². The first-order valence-electron chi connectivity index (χ1n) is 9.32. The summed E-state index contributed by atoms with van der Waals surface area (Å²) in [5, 5.41) is 2.99. The molecule has 2 aliphatic rings. The van der Waals surface area contributed by atoms with Crippen molar-refractivity contribution in [2.75, 3.05) is 31.6 Å². The molecule has 1 amide bonds. The van der Waals surface area contributed by atoms with E-state index < -0.39 is 0 Å². The number of hydrogen-bond acceptors (Lipinski definition) is 3. The predicted octanol–water partition coefficient (Wildman–Crippen LogP) is 1.99. The molecule has 0 radical (unpaired) electrons. The van der Waals surface area contributed by atoms with E-state index in [1.165, 1.54) is 16.0 Å². The fourth-order valence-electron chi connectivity index (χ4n) is 3.79. The Bertz CT molecular complexity index is 791. The number of quaternary nitrogens is 1. The molecule has 26 heavy (non-hydrogen) atoms. The van der Waals surface area contributed by atoms with Crippen LogP contribution in [0.25, 0.3) is 0 Å². The molecule has 0 aliphatic carbocycles. The topological polar surface area (TPSA) is 52.0 Å². The maximum Gasteiger partial charge on any atom is 0.279 e. The van der Waals surface area contributed by atoms with E-state index in [9.17, 15) is 4.79 Å². The minimum absolute atomic E-state index is 0.0517. The number of carbonyl (C=O) groups is 1. The standard InChI is InChI=1S/C21H24N2O3/c1-15-18-13-20-19(25-10-5-11-26-20)12-16(18)8-9-23(15)14-21(24)22-17-6-3-2-4-7-17/h2-4,6-7,12-13,15H,5,8-11,14H2,1H3,(H,22,24)/p+1/t15-/m1/s1. The van der Waals surface area contributed by atoms with E-state index in [0.29, 0.717) is 19.8 Å². The van der Waals surface area contributed by atoms with Crippen molar-refractivity contribution in [3.8, 4) is 11.5 Å². The average molecular weight is 353 g/mol. The molecule has 2 atom stereocenters. The molecular formula is C21H25N2O3+. The summed E-state index contributed by atoms with van der Waals surface area (Å²) >= 11 is 0. The zero-order chi connectivity index (χ0) is 17.9. The first-order chi connectivity index (χ1) is 12.7. The number of carbonyl (C=O) groups excluding carboxylic acids is 1. The lowest BCUT2D eigenvalue weighted by Gasteiger charge is -2.32. The van der Waals surface area contributed by atoms with Crippen LogP contribution in [0.1, 0.15) is 30.5 Å². The first-order valence-corrected chi connectivity index (χ1v) is 9.32. The number of rotatable bonds is 3. The molecule has 2 heterocycles. The van der Waals surface area contributed by atoms with Crippen LogP contribution in [0.4, 0.5) is 5.69 Å². The smallest absolute Gasteiger partial charge is 0.279 e. The summed E-state index contributed by atoms with van der Waals surface area (Å²) < 4.78 is 11.7. The Hall–Kier alpha value is -2.53. The van der Waals surface area contributed by atoms with Crippen LogP contribution in [0.5, 0.6) is 11.5 Å². The van der Waals surface area contributed by atoms with E-state index in [1.807, 2.05) is 30.3 Å². The lowest BCUT2D eigenvalue weighted by molar-refractivity contribution is -0.924. The number of fused-ring (bicyclic) bond motifs is 2. The lowest BCUT2D eigenvalue weighted by atomic mass is 9.93. The molecule has 0 spiro atoms. The van der Waals surface area contributed by atoms with Gasteiger partial charge in [-0.15, -0.1) is 0 Å². The van der Waals surface area contributed by atoms with Crippen LogP contribution in [0.3, 0.4) is 0 Å². The Morgan fingerprint density at radius 1 is 1.15 bits per heavy atom. The second kappa shape index (κ2) is 7.38. The second-order valence-corrected chi connectivity index (χ2v) is 7.02. The molecule has 5 heteroatoms. The highest BCUT2D eigenvalue weighted by molar-refractivity contribution is 5.91. The minimum atomic E-state index is 0.0517. The number of anilines is 1. The highest BCUT2D eigenvalue weighted by atomic mass is 16.5. The summed E-state index contributed by atoms with van der Waals surface area (Å²) in [7, 11) is 0. The van der Waals surface area contributed by atoms with E-state index in [2.05, 4.69) is 24.4 Å². The summed E-state index contributed by atoms with van der Waals surface area (Å²) in [4.78, 5) is 13.7. The third kappa shape index (κ3) is 3.53. The minimum Gasteiger partial charge on any atom is -0.490 e. The van der Waals surface area contributed by atoms with Crippen molar-refractivity contribution in [1.82, 2.24) is 0 Å². The van der Waals surface area contributed by atoms with E-state index in [-0.39, 0.29) is 11.9 Å². The molecule has 0 saturated carbocycles. The Balaban J connectivity index is 1.48. The molecule has 5 nitrogen and oxygen atoms in total. The largest absolute Gasteiger partial charge is 0.490 e. The second-order valence-electron chi connectivity index (χ2n) is 7.02. The Labute approximate surface area is 153 Å². The van der Waals surface area contributed by atoms with E-state index >= 15 is 0 Å². The average Bonchev–Trinajstić information content (AvgIpc) is 2.88. The van der Waals surface area contributed by atoms with Crippen LogP contribution in [-0.2, 0) is 11.2 Å². The van der Waals surface area contributed by atoms with Gasteiger partial charge in [-0.3, -0.25) is 4.79 Å².